The first kappa shape index (κ1) is 29.6. The first-order valence-electron chi connectivity index (χ1n) is 12.4. The van der Waals surface area contributed by atoms with E-state index in [2.05, 4.69) is 18.2 Å². The number of carbonyl (C=O) groups excluding carboxylic acids is 1. The second-order valence-corrected chi connectivity index (χ2v) is 11.1. The lowest BCUT2D eigenvalue weighted by Crippen LogP contribution is -2.55. The Bertz CT molecular complexity index is 1310. The molecule has 4 nitrogen and oxygen atoms in total. The van der Waals surface area contributed by atoms with Crippen LogP contribution in [-0.2, 0) is 16.0 Å². The predicted octanol–water partition coefficient (Wildman–Crippen LogP) is 8.36. The average Bonchev–Trinajstić information content (AvgIpc) is 3.20. The molecule has 1 aromatic heterocycles. The topological polar surface area (TPSA) is 44.8 Å². The smallest absolute Gasteiger partial charge is 0.494 e. The fraction of sp³-hybridized carbons (Fsp3) is 0.414. The highest BCUT2D eigenvalue weighted by Gasteiger charge is 2.42. The van der Waals surface area contributed by atoms with Gasteiger partial charge in [-0.1, -0.05) is 32.4 Å². The molecule has 2 radical (unpaired) electrons. The summed E-state index contributed by atoms with van der Waals surface area (Å²) in [4.78, 5) is 12.7. The van der Waals surface area contributed by atoms with E-state index in [9.17, 15) is 18.0 Å². The van der Waals surface area contributed by atoms with Gasteiger partial charge in [0.15, 0.2) is 0 Å². The molecule has 0 N–H and O–H groups in total. The molecule has 3 rings (SSSR count). The summed E-state index contributed by atoms with van der Waals surface area (Å²) in [6, 6.07) is 12.1. The lowest BCUT2D eigenvalue weighted by molar-refractivity contribution is -0.274. The number of hydrogen-bond acceptors (Lipinski definition) is 5. The highest BCUT2D eigenvalue weighted by Crippen LogP contribution is 2.42. The van der Waals surface area contributed by atoms with Gasteiger partial charge in [0.05, 0.1) is 0 Å². The third kappa shape index (κ3) is 7.34. The molecule has 0 bridgehead atoms. The second-order valence-electron chi connectivity index (χ2n) is 10.0. The minimum absolute atomic E-state index is 0.217. The van der Waals surface area contributed by atoms with Crippen LogP contribution in [-0.4, -0.2) is 31.3 Å². The van der Waals surface area contributed by atoms with Crippen LogP contribution in [0.15, 0.2) is 54.6 Å². The summed E-state index contributed by atoms with van der Waals surface area (Å²) in [6.07, 6.45) is -1.19. The first-order valence-corrected chi connectivity index (χ1v) is 13.2. The van der Waals surface area contributed by atoms with Crippen LogP contribution in [0.25, 0.3) is 20.5 Å². The van der Waals surface area contributed by atoms with Crippen molar-refractivity contribution in [2.75, 3.05) is 0 Å². The molecule has 0 aliphatic rings. The van der Waals surface area contributed by atoms with E-state index in [4.69, 9.17) is 17.3 Å². The highest BCUT2D eigenvalue weighted by atomic mass is 32.1. The predicted molar refractivity (Wildman–Crippen MR) is 147 cm³/mol. The van der Waals surface area contributed by atoms with E-state index in [1.165, 1.54) is 17.4 Å². The molecule has 0 saturated heterocycles. The number of alkyl halides is 3. The third-order valence-electron chi connectivity index (χ3n) is 6.32. The van der Waals surface area contributed by atoms with Gasteiger partial charge in [0.2, 0.25) is 0 Å². The number of thiophene rings is 1. The summed E-state index contributed by atoms with van der Waals surface area (Å²) < 4.78 is 56.4. The van der Waals surface area contributed by atoms with E-state index in [0.29, 0.717) is 22.6 Å². The number of unbranched alkanes of at least 4 members (excludes halogenated alkanes) is 2. The van der Waals surface area contributed by atoms with Crippen molar-refractivity contribution in [1.29, 1.82) is 0 Å². The molecule has 0 spiro atoms. The molecule has 9 heteroatoms. The van der Waals surface area contributed by atoms with Crippen LogP contribution in [0, 0.1) is 0 Å². The van der Waals surface area contributed by atoms with Crippen molar-refractivity contribution < 1.29 is 32.2 Å². The number of ether oxygens (including phenoxy) is 3. The number of esters is 1. The van der Waals surface area contributed by atoms with Crippen molar-refractivity contribution in [3.63, 3.8) is 0 Å². The molecule has 0 aliphatic heterocycles. The largest absolute Gasteiger partial charge is 0.573 e. The standard InChI is InChI=1S/C29H32BF3O4S/c1-7-8-9-10-19-11-14-22(23(15-19)36-29(31,32)33)25-16-20-12-13-21(17-24(20)38-25)35-28(6,30)27(4,5)37-26(34)18(2)3/h11-17H,2,7-10H2,1,3-6H3. The Hall–Kier alpha value is -2.94. The minimum atomic E-state index is -4.81. The summed E-state index contributed by atoms with van der Waals surface area (Å²) in [5.74, 6) is -0.375. The molecule has 1 atom stereocenters. The Morgan fingerprint density at radius 2 is 1.74 bits per heavy atom. The van der Waals surface area contributed by atoms with E-state index < -0.39 is 23.4 Å². The number of hydrogen-bond donors (Lipinski definition) is 0. The van der Waals surface area contributed by atoms with Gasteiger partial charge in [-0.25, -0.2) is 4.79 Å². The minimum Gasteiger partial charge on any atom is -0.494 e. The van der Waals surface area contributed by atoms with Crippen molar-refractivity contribution in [3.05, 3.63) is 60.2 Å². The highest BCUT2D eigenvalue weighted by molar-refractivity contribution is 7.22. The number of aryl methyl sites for hydroxylation is 1. The number of halogens is 3. The van der Waals surface area contributed by atoms with Crippen LogP contribution in [0.3, 0.4) is 0 Å². The van der Waals surface area contributed by atoms with Crippen molar-refractivity contribution >= 4 is 35.2 Å². The Balaban J connectivity index is 1.91. The maximum atomic E-state index is 13.2. The molecule has 0 amide bonds. The Morgan fingerprint density at radius 1 is 1.03 bits per heavy atom. The van der Waals surface area contributed by atoms with Crippen molar-refractivity contribution in [3.8, 4) is 21.9 Å². The second kappa shape index (κ2) is 11.4. The van der Waals surface area contributed by atoms with Gasteiger partial charge in [-0.3, -0.25) is 0 Å². The van der Waals surface area contributed by atoms with Gasteiger partial charge in [-0.15, -0.1) is 24.5 Å². The van der Waals surface area contributed by atoms with E-state index in [-0.39, 0.29) is 11.3 Å². The molecule has 1 unspecified atom stereocenters. The van der Waals surface area contributed by atoms with Crippen molar-refractivity contribution in [1.82, 2.24) is 0 Å². The van der Waals surface area contributed by atoms with E-state index in [1.54, 1.807) is 52.0 Å². The normalized spacial score (nSPS) is 13.7. The molecule has 0 saturated carbocycles. The number of benzene rings is 2. The maximum absolute atomic E-state index is 13.2. The molecule has 3 aromatic rings. The molecular weight excluding hydrogens is 512 g/mol. The maximum Gasteiger partial charge on any atom is 0.573 e. The molecule has 202 valence electrons. The van der Waals surface area contributed by atoms with Crippen LogP contribution in [0.5, 0.6) is 11.5 Å². The van der Waals surface area contributed by atoms with Crippen LogP contribution < -0.4 is 9.47 Å². The molecule has 0 fully saturated rings. The van der Waals surface area contributed by atoms with E-state index >= 15 is 0 Å². The quantitative estimate of drug-likeness (QED) is 0.105. The molecule has 0 aliphatic carbocycles. The number of carbonyl (C=O) groups is 1. The zero-order valence-corrected chi connectivity index (χ0v) is 23.1. The Morgan fingerprint density at radius 3 is 2.37 bits per heavy atom. The molecule has 38 heavy (non-hydrogen) atoms. The molecular formula is C29H32BF3O4S. The summed E-state index contributed by atoms with van der Waals surface area (Å²) >= 11 is 1.31. The van der Waals surface area contributed by atoms with Crippen LogP contribution in [0.2, 0.25) is 0 Å². The van der Waals surface area contributed by atoms with Gasteiger partial charge in [0.25, 0.3) is 0 Å². The van der Waals surface area contributed by atoms with Crippen molar-refractivity contribution in [2.45, 2.75) is 77.8 Å². The van der Waals surface area contributed by atoms with Gasteiger partial charge in [-0.05, 0) is 87.9 Å². The fourth-order valence-corrected chi connectivity index (χ4v) is 4.83. The van der Waals surface area contributed by atoms with Crippen LogP contribution >= 0.6 is 11.3 Å². The zero-order chi connectivity index (χ0) is 28.3. The number of rotatable bonds is 11. The van der Waals surface area contributed by atoms with Gasteiger partial charge in [0, 0.05) is 20.7 Å². The third-order valence-corrected chi connectivity index (χ3v) is 7.45. The fourth-order valence-electron chi connectivity index (χ4n) is 3.71. The Labute approximate surface area is 227 Å². The molecule has 1 heterocycles. The SMILES string of the molecule is [B]C(C)(Oc1ccc2cc(-c3ccc(CCCCC)cc3OC(F)(F)F)sc2c1)C(C)(C)OC(=O)C(=C)C. The summed E-state index contributed by atoms with van der Waals surface area (Å²) in [5.41, 5.74) is -1.18. The van der Waals surface area contributed by atoms with Gasteiger partial charge in [0.1, 0.15) is 30.4 Å². The summed E-state index contributed by atoms with van der Waals surface area (Å²) in [7, 11) is 6.40. The van der Waals surface area contributed by atoms with Crippen LogP contribution in [0.4, 0.5) is 13.2 Å². The average molecular weight is 544 g/mol. The number of fused-ring (bicyclic) bond motifs is 1. The van der Waals surface area contributed by atoms with Gasteiger partial charge in [-0.2, -0.15) is 0 Å². The van der Waals surface area contributed by atoms with Gasteiger partial charge < -0.3 is 14.2 Å². The molecule has 2 aromatic carbocycles. The van der Waals surface area contributed by atoms with E-state index in [1.807, 2.05) is 12.1 Å². The lowest BCUT2D eigenvalue weighted by Gasteiger charge is -2.41. The van der Waals surface area contributed by atoms with Gasteiger partial charge >= 0.3 is 12.3 Å². The summed E-state index contributed by atoms with van der Waals surface area (Å²) in [6.45, 7) is 12.1. The first-order chi connectivity index (χ1) is 17.6. The van der Waals surface area contributed by atoms with E-state index in [0.717, 1.165) is 34.9 Å². The zero-order valence-electron chi connectivity index (χ0n) is 22.3. The lowest BCUT2D eigenvalue weighted by atomic mass is 9.71. The van der Waals surface area contributed by atoms with Crippen molar-refractivity contribution in [2.24, 2.45) is 0 Å². The Kier molecular flexibility index (Phi) is 8.91. The van der Waals surface area contributed by atoms with Crippen LogP contribution in [0.1, 0.15) is 59.4 Å². The summed E-state index contributed by atoms with van der Waals surface area (Å²) in [5, 5.41) is 0.828. The monoisotopic (exact) mass is 544 g/mol.